The van der Waals surface area contributed by atoms with Gasteiger partial charge in [0, 0.05) is 44.8 Å². The van der Waals surface area contributed by atoms with Gasteiger partial charge in [0.1, 0.15) is 0 Å². The molecular weight excluding hydrogens is 376 g/mol. The topological polar surface area (TPSA) is 112 Å². The summed E-state index contributed by atoms with van der Waals surface area (Å²) in [5.74, 6) is 1.04. The van der Waals surface area contributed by atoms with Crippen LogP contribution in [0.4, 0.5) is 0 Å². The first kappa shape index (κ1) is 21.7. The number of hydrogen-bond donors (Lipinski definition) is 1. The maximum absolute atomic E-state index is 10.7. The van der Waals surface area contributed by atoms with Crippen molar-refractivity contribution in [3.63, 3.8) is 0 Å². The number of ether oxygens (including phenoxy) is 3. The van der Waals surface area contributed by atoms with E-state index in [2.05, 4.69) is 4.90 Å². The number of nitrogens with zero attached hydrogens (tertiary/aromatic N) is 2. The van der Waals surface area contributed by atoms with Crippen molar-refractivity contribution in [3.05, 3.63) is 17.7 Å². The zero-order chi connectivity index (χ0) is 20.0. The number of aliphatic hydroxyl groups is 1. The van der Waals surface area contributed by atoms with Gasteiger partial charge in [-0.15, -0.1) is 0 Å². The molecule has 9 nitrogen and oxygen atoms in total. The second-order valence-electron chi connectivity index (χ2n) is 6.45. The van der Waals surface area contributed by atoms with E-state index in [1.807, 2.05) is 17.0 Å². The molecule has 0 aromatic heterocycles. The van der Waals surface area contributed by atoms with Crippen molar-refractivity contribution in [2.24, 2.45) is 0 Å². The van der Waals surface area contributed by atoms with Crippen LogP contribution in [0, 0.1) is 0 Å². The van der Waals surface area contributed by atoms with Crippen LogP contribution in [0.15, 0.2) is 12.1 Å². The maximum atomic E-state index is 10.7. The number of hydrogen-bond acceptors (Lipinski definition) is 9. The summed E-state index contributed by atoms with van der Waals surface area (Å²) in [7, 11) is 0.307. The predicted molar refractivity (Wildman–Crippen MR) is 98.4 cm³/mol. The molecule has 1 saturated heterocycles. The second-order valence-corrected chi connectivity index (χ2v) is 7.90. The molecule has 2 rings (SSSR count). The van der Waals surface area contributed by atoms with E-state index in [1.54, 1.807) is 21.3 Å². The molecule has 1 aliphatic heterocycles. The number of β-amino-alcohol motifs (C(OH)–C–C–N with tert-alkyl or cyclic N) is 1. The summed E-state index contributed by atoms with van der Waals surface area (Å²) in [6.45, 7) is 3.67. The summed E-state index contributed by atoms with van der Waals surface area (Å²) in [5.41, 5.74) is 0.973. The highest BCUT2D eigenvalue weighted by molar-refractivity contribution is 7.85. The Balaban J connectivity index is 1.94. The quantitative estimate of drug-likeness (QED) is 0.557. The van der Waals surface area contributed by atoms with Crippen LogP contribution in [0.5, 0.6) is 17.2 Å². The van der Waals surface area contributed by atoms with Crippen molar-refractivity contribution in [2.75, 3.05) is 59.8 Å². The van der Waals surface area contributed by atoms with Gasteiger partial charge in [-0.3, -0.25) is 9.80 Å². The van der Waals surface area contributed by atoms with Crippen molar-refractivity contribution in [1.82, 2.24) is 9.80 Å². The Hall–Kier alpha value is -1.59. The molecule has 0 radical (unpaired) electrons. The van der Waals surface area contributed by atoms with Crippen LogP contribution in [0.3, 0.4) is 0 Å². The minimum atomic E-state index is -4.42. The summed E-state index contributed by atoms with van der Waals surface area (Å²) in [6.07, 6.45) is -1.16. The molecule has 0 amide bonds. The molecule has 154 valence electrons. The number of methoxy groups -OCH3 is 3. The van der Waals surface area contributed by atoms with Gasteiger partial charge in [-0.2, -0.15) is 0 Å². The van der Waals surface area contributed by atoms with Gasteiger partial charge < -0.3 is 23.9 Å². The van der Waals surface area contributed by atoms with E-state index >= 15 is 0 Å². The van der Waals surface area contributed by atoms with Crippen LogP contribution in [0.1, 0.15) is 5.56 Å². The van der Waals surface area contributed by atoms with Gasteiger partial charge in [-0.1, -0.05) is 6.07 Å². The number of rotatable bonds is 9. The van der Waals surface area contributed by atoms with Crippen molar-refractivity contribution in [2.45, 2.75) is 12.6 Å². The van der Waals surface area contributed by atoms with Crippen LogP contribution in [0.2, 0.25) is 0 Å². The van der Waals surface area contributed by atoms with Crippen molar-refractivity contribution in [3.8, 4) is 17.2 Å². The van der Waals surface area contributed by atoms with E-state index in [0.29, 0.717) is 36.9 Å². The average molecular weight is 403 g/mol. The van der Waals surface area contributed by atoms with E-state index in [1.165, 1.54) is 0 Å². The second kappa shape index (κ2) is 9.56. The minimum Gasteiger partial charge on any atom is -0.748 e. The molecular formula is C17H27N2O7S-. The highest BCUT2D eigenvalue weighted by Crippen LogP contribution is 2.40. The summed E-state index contributed by atoms with van der Waals surface area (Å²) in [6, 6.07) is 3.78. The molecule has 1 aliphatic rings. The van der Waals surface area contributed by atoms with Crippen molar-refractivity contribution < 1.29 is 32.3 Å². The smallest absolute Gasteiger partial charge is 0.203 e. The molecule has 1 atom stereocenters. The van der Waals surface area contributed by atoms with Crippen LogP contribution in [0.25, 0.3) is 0 Å². The van der Waals surface area contributed by atoms with Gasteiger partial charge in [-0.05, 0) is 6.07 Å². The lowest BCUT2D eigenvalue weighted by atomic mass is 10.1. The number of piperazine rings is 1. The van der Waals surface area contributed by atoms with Gasteiger partial charge in [0.05, 0.1) is 43.3 Å². The first-order valence-electron chi connectivity index (χ1n) is 8.61. The Morgan fingerprint density at radius 1 is 1.04 bits per heavy atom. The fraction of sp³-hybridized carbons (Fsp3) is 0.647. The Labute approximate surface area is 160 Å². The lowest BCUT2D eigenvalue weighted by molar-refractivity contribution is 0.0782. The average Bonchev–Trinajstić information content (AvgIpc) is 2.61. The van der Waals surface area contributed by atoms with Crippen molar-refractivity contribution >= 4 is 10.1 Å². The van der Waals surface area contributed by atoms with E-state index in [0.717, 1.165) is 18.7 Å². The SMILES string of the molecule is COc1ccc(CN2CCN(CC(O)CS(=O)(=O)[O-])CC2)c(OC)c1OC. The third-order valence-corrected chi connectivity index (χ3v) is 5.30. The molecule has 0 spiro atoms. The summed E-state index contributed by atoms with van der Waals surface area (Å²) < 4.78 is 48.4. The van der Waals surface area contributed by atoms with Crippen molar-refractivity contribution in [1.29, 1.82) is 0 Å². The van der Waals surface area contributed by atoms with Gasteiger partial charge in [0.15, 0.2) is 11.5 Å². The minimum absolute atomic E-state index is 0.176. The summed E-state index contributed by atoms with van der Waals surface area (Å²) >= 11 is 0. The molecule has 0 saturated carbocycles. The third kappa shape index (κ3) is 6.22. The van der Waals surface area contributed by atoms with E-state index in [4.69, 9.17) is 14.2 Å². The lowest BCUT2D eigenvalue weighted by Crippen LogP contribution is -2.48. The third-order valence-electron chi connectivity index (χ3n) is 4.51. The molecule has 0 bridgehead atoms. The molecule has 1 fully saturated rings. The Kier molecular flexibility index (Phi) is 7.68. The van der Waals surface area contributed by atoms with E-state index in [-0.39, 0.29) is 6.54 Å². The summed E-state index contributed by atoms with van der Waals surface area (Å²) in [5, 5.41) is 9.74. The fourth-order valence-electron chi connectivity index (χ4n) is 3.24. The van der Waals surface area contributed by atoms with Gasteiger partial charge in [0.2, 0.25) is 5.75 Å². The fourth-order valence-corrected chi connectivity index (χ4v) is 3.82. The highest BCUT2D eigenvalue weighted by Gasteiger charge is 2.22. The number of benzene rings is 1. The zero-order valence-corrected chi connectivity index (χ0v) is 16.7. The maximum Gasteiger partial charge on any atom is 0.203 e. The molecule has 27 heavy (non-hydrogen) atoms. The van der Waals surface area contributed by atoms with Crippen LogP contribution in [-0.4, -0.2) is 93.8 Å². The normalized spacial score (nSPS) is 17.5. The molecule has 10 heteroatoms. The van der Waals surface area contributed by atoms with Gasteiger partial charge >= 0.3 is 0 Å². The summed E-state index contributed by atoms with van der Waals surface area (Å²) in [4.78, 5) is 4.19. The lowest BCUT2D eigenvalue weighted by Gasteiger charge is -2.36. The number of aliphatic hydroxyl groups excluding tert-OH is 1. The first-order chi connectivity index (χ1) is 12.8. The first-order valence-corrected chi connectivity index (χ1v) is 10.2. The molecule has 1 heterocycles. The molecule has 1 unspecified atom stereocenters. The van der Waals surface area contributed by atoms with Gasteiger partial charge in [0.25, 0.3) is 0 Å². The molecule has 1 aromatic rings. The van der Waals surface area contributed by atoms with Crippen LogP contribution >= 0.6 is 0 Å². The predicted octanol–water partition coefficient (Wildman–Crippen LogP) is -0.264. The van der Waals surface area contributed by atoms with E-state index in [9.17, 15) is 18.1 Å². The zero-order valence-electron chi connectivity index (χ0n) is 15.9. The van der Waals surface area contributed by atoms with E-state index < -0.39 is 22.0 Å². The van der Waals surface area contributed by atoms with Crippen LogP contribution in [-0.2, 0) is 16.7 Å². The van der Waals surface area contributed by atoms with Gasteiger partial charge in [-0.25, -0.2) is 8.42 Å². The van der Waals surface area contributed by atoms with Crippen LogP contribution < -0.4 is 14.2 Å². The standard InChI is InChI=1S/C17H28N2O7S/c1-24-15-5-4-13(16(25-2)17(15)26-3)10-18-6-8-19(9-7-18)11-14(20)12-27(21,22)23/h4-5,14,20H,6-12H2,1-3H3,(H,21,22,23)/p-1. The molecule has 0 aliphatic carbocycles. The largest absolute Gasteiger partial charge is 0.748 e. The molecule has 1 aromatic carbocycles. The Bertz CT molecular complexity index is 718. The Morgan fingerprint density at radius 3 is 2.15 bits per heavy atom. The highest BCUT2D eigenvalue weighted by atomic mass is 32.2. The molecule has 1 N–H and O–H groups in total. The monoisotopic (exact) mass is 403 g/mol. The Morgan fingerprint density at radius 2 is 1.63 bits per heavy atom.